The molecule has 0 unspecified atom stereocenters. The molecule has 1 aromatic heterocycles. The van der Waals surface area contributed by atoms with E-state index >= 15 is 0 Å². The van der Waals surface area contributed by atoms with Gasteiger partial charge in [0.15, 0.2) is 0 Å². The third-order valence-electron chi connectivity index (χ3n) is 3.63. The Morgan fingerprint density at radius 1 is 1.21 bits per heavy atom. The highest BCUT2D eigenvalue weighted by molar-refractivity contribution is 8.18. The molecular weight excluding hydrogens is 340 g/mol. The van der Waals surface area contributed by atoms with E-state index in [9.17, 15) is 9.59 Å². The van der Waals surface area contributed by atoms with Crippen LogP contribution in [0.4, 0.5) is 4.79 Å². The van der Waals surface area contributed by atoms with E-state index in [4.69, 9.17) is 0 Å². The molecule has 0 aliphatic carbocycles. The molecule has 0 radical (unpaired) electrons. The largest absolute Gasteiger partial charge is 0.293 e. The maximum absolute atomic E-state index is 12.4. The van der Waals surface area contributed by atoms with Gasteiger partial charge in [0.05, 0.1) is 10.6 Å². The number of rotatable bonds is 5. The summed E-state index contributed by atoms with van der Waals surface area (Å²) in [6, 6.07) is 9.91. The number of thioether (sulfide) groups is 1. The van der Waals surface area contributed by atoms with Crippen molar-refractivity contribution in [1.29, 1.82) is 0 Å². The molecule has 1 aliphatic rings. The second-order valence-corrected chi connectivity index (χ2v) is 7.81. The molecule has 3 rings (SSSR count). The molecule has 2 aromatic rings. The second-order valence-electron chi connectivity index (χ2n) is 5.96. The highest BCUT2D eigenvalue weighted by Gasteiger charge is 2.34. The number of nitrogens with zero attached hydrogens (tertiary/aromatic N) is 2. The van der Waals surface area contributed by atoms with E-state index in [1.807, 2.05) is 35.7 Å². The minimum absolute atomic E-state index is 0.189. The molecule has 124 valence electrons. The van der Waals surface area contributed by atoms with Crippen LogP contribution in [0.25, 0.3) is 16.6 Å². The number of amides is 2. The van der Waals surface area contributed by atoms with Crippen LogP contribution >= 0.6 is 23.1 Å². The molecule has 0 atom stereocenters. The lowest BCUT2D eigenvalue weighted by Crippen LogP contribution is -2.29. The number of carbonyl (C=O) groups excluding carboxylic acids is 2. The molecule has 1 aromatic carbocycles. The van der Waals surface area contributed by atoms with Crippen LogP contribution in [0.2, 0.25) is 0 Å². The van der Waals surface area contributed by atoms with Crippen molar-refractivity contribution >= 4 is 40.3 Å². The zero-order valence-electron chi connectivity index (χ0n) is 13.6. The van der Waals surface area contributed by atoms with E-state index in [0.29, 0.717) is 23.1 Å². The van der Waals surface area contributed by atoms with E-state index in [2.05, 4.69) is 18.8 Å². The minimum atomic E-state index is -0.208. The Hall–Kier alpha value is -1.92. The number of imide groups is 1. The van der Waals surface area contributed by atoms with Gasteiger partial charge < -0.3 is 0 Å². The molecule has 0 N–H and O–H groups in total. The average Bonchev–Trinajstić information content (AvgIpc) is 3.13. The van der Waals surface area contributed by atoms with Gasteiger partial charge in [-0.3, -0.25) is 14.5 Å². The summed E-state index contributed by atoms with van der Waals surface area (Å²) in [7, 11) is 0. The maximum atomic E-state index is 12.4. The van der Waals surface area contributed by atoms with Crippen molar-refractivity contribution in [3.8, 4) is 10.6 Å². The molecule has 6 heteroatoms. The SMILES string of the molecule is CC(C)CCN1C(=O)S/C(=C\c2csc(-c3ccccc3)n2)C1=O. The lowest BCUT2D eigenvalue weighted by Gasteiger charge is -2.13. The average molecular weight is 358 g/mol. The first-order chi connectivity index (χ1) is 11.5. The molecule has 0 bridgehead atoms. The molecular formula is C18H18N2O2S2. The summed E-state index contributed by atoms with van der Waals surface area (Å²) in [6.45, 7) is 4.64. The standard InChI is InChI=1S/C18H18N2O2S2/c1-12(2)8-9-20-17(21)15(24-18(20)22)10-14-11-23-16(19-14)13-6-4-3-5-7-13/h3-7,10-12H,8-9H2,1-2H3/b15-10-. The molecule has 0 saturated carbocycles. The fourth-order valence-corrected chi connectivity index (χ4v) is 3.91. The zero-order valence-corrected chi connectivity index (χ0v) is 15.2. The van der Waals surface area contributed by atoms with Crippen LogP contribution in [-0.4, -0.2) is 27.6 Å². The van der Waals surface area contributed by atoms with Gasteiger partial charge in [0.1, 0.15) is 5.01 Å². The van der Waals surface area contributed by atoms with Crippen LogP contribution in [0.1, 0.15) is 26.0 Å². The first-order valence-corrected chi connectivity index (χ1v) is 9.50. The van der Waals surface area contributed by atoms with Gasteiger partial charge in [0.25, 0.3) is 11.1 Å². The van der Waals surface area contributed by atoms with Crippen LogP contribution in [0, 0.1) is 5.92 Å². The summed E-state index contributed by atoms with van der Waals surface area (Å²) < 4.78 is 0. The van der Waals surface area contributed by atoms with Crippen LogP contribution in [0.5, 0.6) is 0 Å². The van der Waals surface area contributed by atoms with Crippen LogP contribution < -0.4 is 0 Å². The minimum Gasteiger partial charge on any atom is -0.268 e. The number of hydrogen-bond donors (Lipinski definition) is 0. The van der Waals surface area contributed by atoms with Crippen LogP contribution in [0.3, 0.4) is 0 Å². The quantitative estimate of drug-likeness (QED) is 0.714. The van der Waals surface area contributed by atoms with Gasteiger partial charge in [-0.15, -0.1) is 11.3 Å². The summed E-state index contributed by atoms with van der Waals surface area (Å²) in [4.78, 5) is 30.8. The number of carbonyl (C=O) groups is 2. The maximum Gasteiger partial charge on any atom is 0.293 e. The van der Waals surface area contributed by atoms with E-state index < -0.39 is 0 Å². The zero-order chi connectivity index (χ0) is 17.1. The van der Waals surface area contributed by atoms with Gasteiger partial charge in [-0.1, -0.05) is 44.2 Å². The molecule has 1 aliphatic heterocycles. The first kappa shape index (κ1) is 16.9. The first-order valence-electron chi connectivity index (χ1n) is 7.81. The summed E-state index contributed by atoms with van der Waals surface area (Å²) in [6.07, 6.45) is 2.53. The number of aromatic nitrogens is 1. The predicted octanol–water partition coefficient (Wildman–Crippen LogP) is 4.89. The molecule has 0 spiro atoms. The molecule has 2 amide bonds. The highest BCUT2D eigenvalue weighted by atomic mass is 32.2. The lowest BCUT2D eigenvalue weighted by atomic mass is 10.1. The van der Waals surface area contributed by atoms with Crippen molar-refractivity contribution in [2.24, 2.45) is 5.92 Å². The van der Waals surface area contributed by atoms with Gasteiger partial charge in [-0.25, -0.2) is 4.98 Å². The number of benzene rings is 1. The Labute approximate surface area is 149 Å². The third-order valence-corrected chi connectivity index (χ3v) is 5.44. The second kappa shape index (κ2) is 7.32. The molecule has 4 nitrogen and oxygen atoms in total. The Kier molecular flexibility index (Phi) is 5.16. The van der Waals surface area contributed by atoms with Gasteiger partial charge in [-0.05, 0) is 30.2 Å². The van der Waals surface area contributed by atoms with Crippen LogP contribution in [0.15, 0.2) is 40.6 Å². The normalized spacial score (nSPS) is 16.6. The third kappa shape index (κ3) is 3.76. The van der Waals surface area contributed by atoms with E-state index in [-0.39, 0.29) is 11.1 Å². The van der Waals surface area contributed by atoms with E-state index in [0.717, 1.165) is 28.8 Å². The monoisotopic (exact) mass is 358 g/mol. The van der Waals surface area contributed by atoms with Crippen molar-refractivity contribution in [3.63, 3.8) is 0 Å². The van der Waals surface area contributed by atoms with Crippen molar-refractivity contribution in [2.75, 3.05) is 6.54 Å². The molecule has 24 heavy (non-hydrogen) atoms. The highest BCUT2D eigenvalue weighted by Crippen LogP contribution is 2.33. The Morgan fingerprint density at radius 3 is 2.67 bits per heavy atom. The van der Waals surface area contributed by atoms with Crippen LogP contribution in [-0.2, 0) is 4.79 Å². The van der Waals surface area contributed by atoms with Crippen molar-refractivity contribution in [1.82, 2.24) is 9.88 Å². The van der Waals surface area contributed by atoms with Crippen molar-refractivity contribution in [3.05, 3.63) is 46.3 Å². The number of hydrogen-bond acceptors (Lipinski definition) is 5. The van der Waals surface area contributed by atoms with Gasteiger partial charge in [0.2, 0.25) is 0 Å². The molecule has 1 fully saturated rings. The molecule has 2 heterocycles. The summed E-state index contributed by atoms with van der Waals surface area (Å²) in [5.74, 6) is 0.246. The fraction of sp³-hybridized carbons (Fsp3) is 0.278. The molecule has 1 saturated heterocycles. The van der Waals surface area contributed by atoms with E-state index in [1.54, 1.807) is 6.08 Å². The topological polar surface area (TPSA) is 50.3 Å². The lowest BCUT2D eigenvalue weighted by molar-refractivity contribution is -0.122. The Morgan fingerprint density at radius 2 is 1.96 bits per heavy atom. The summed E-state index contributed by atoms with van der Waals surface area (Å²) >= 11 is 2.52. The smallest absolute Gasteiger partial charge is 0.268 e. The Balaban J connectivity index is 1.76. The predicted molar refractivity (Wildman–Crippen MR) is 99.7 cm³/mol. The van der Waals surface area contributed by atoms with Gasteiger partial charge in [-0.2, -0.15) is 0 Å². The summed E-state index contributed by atoms with van der Waals surface area (Å²) in [5.41, 5.74) is 1.76. The van der Waals surface area contributed by atoms with Gasteiger partial charge >= 0.3 is 0 Å². The fourth-order valence-electron chi connectivity index (χ4n) is 2.28. The van der Waals surface area contributed by atoms with Crippen molar-refractivity contribution in [2.45, 2.75) is 20.3 Å². The Bertz CT molecular complexity index is 781. The number of thiazole rings is 1. The van der Waals surface area contributed by atoms with Gasteiger partial charge in [0, 0.05) is 17.5 Å². The summed E-state index contributed by atoms with van der Waals surface area (Å²) in [5, 5.41) is 2.62. The van der Waals surface area contributed by atoms with Crippen molar-refractivity contribution < 1.29 is 9.59 Å². The van der Waals surface area contributed by atoms with E-state index in [1.165, 1.54) is 16.2 Å².